The Labute approximate surface area is 127 Å². The predicted molar refractivity (Wildman–Crippen MR) is 84.5 cm³/mol. The van der Waals surface area contributed by atoms with E-state index >= 15 is 0 Å². The molecule has 1 aliphatic carbocycles. The summed E-state index contributed by atoms with van der Waals surface area (Å²) in [7, 11) is 0. The Hall–Kier alpha value is -1.75. The van der Waals surface area contributed by atoms with Crippen molar-refractivity contribution in [2.75, 3.05) is 0 Å². The lowest BCUT2D eigenvalue weighted by Crippen LogP contribution is -2.35. The summed E-state index contributed by atoms with van der Waals surface area (Å²) >= 11 is 0. The summed E-state index contributed by atoms with van der Waals surface area (Å²) in [5.74, 6) is 6.70. The molecule has 2 nitrogen and oxygen atoms in total. The Morgan fingerprint density at radius 1 is 1.24 bits per heavy atom. The van der Waals surface area contributed by atoms with Gasteiger partial charge in [-0.15, -0.1) is 0 Å². The lowest BCUT2D eigenvalue weighted by molar-refractivity contribution is -0.148. The van der Waals surface area contributed by atoms with Gasteiger partial charge in [-0.25, -0.2) is 4.79 Å². The smallest absolute Gasteiger partial charge is 0.384 e. The van der Waals surface area contributed by atoms with Gasteiger partial charge in [0.1, 0.15) is 6.10 Å². The molecule has 0 saturated heterocycles. The molecule has 21 heavy (non-hydrogen) atoms. The van der Waals surface area contributed by atoms with Crippen LogP contribution in [0.15, 0.2) is 30.3 Å². The van der Waals surface area contributed by atoms with Crippen molar-refractivity contribution >= 4 is 5.97 Å². The minimum absolute atomic E-state index is 0.0197. The molecule has 0 aliphatic heterocycles. The van der Waals surface area contributed by atoms with Crippen molar-refractivity contribution in [1.82, 2.24) is 0 Å². The van der Waals surface area contributed by atoms with Crippen LogP contribution in [-0.4, -0.2) is 12.1 Å². The number of carbonyl (C=O) groups excluding carboxylic acids is 1. The van der Waals surface area contributed by atoms with Crippen LogP contribution in [0.25, 0.3) is 0 Å². The lowest BCUT2D eigenvalue weighted by Gasteiger charge is -2.36. The molecule has 0 spiro atoms. The molecule has 0 radical (unpaired) electrons. The zero-order valence-corrected chi connectivity index (χ0v) is 13.1. The summed E-state index contributed by atoms with van der Waals surface area (Å²) < 4.78 is 5.64. The molecule has 2 rings (SSSR count). The third-order valence-electron chi connectivity index (χ3n) is 4.30. The SMILES string of the molecule is CC(C)[C@@H]1CC[C@@H](C)CC1OC(=O)C#Cc1ccccc1. The third kappa shape index (κ3) is 4.63. The highest BCUT2D eigenvalue weighted by Crippen LogP contribution is 2.35. The van der Waals surface area contributed by atoms with Crippen LogP contribution in [0.3, 0.4) is 0 Å². The van der Waals surface area contributed by atoms with Crippen LogP contribution in [0, 0.1) is 29.6 Å². The Balaban J connectivity index is 1.99. The van der Waals surface area contributed by atoms with Crippen LogP contribution in [0.1, 0.15) is 45.6 Å². The maximum absolute atomic E-state index is 12.0. The van der Waals surface area contributed by atoms with E-state index in [9.17, 15) is 4.79 Å². The zero-order chi connectivity index (χ0) is 15.2. The quantitative estimate of drug-likeness (QED) is 0.605. The largest absolute Gasteiger partial charge is 0.452 e. The van der Waals surface area contributed by atoms with Crippen molar-refractivity contribution in [2.45, 2.75) is 46.1 Å². The van der Waals surface area contributed by atoms with Crippen molar-refractivity contribution in [3.8, 4) is 11.8 Å². The van der Waals surface area contributed by atoms with Crippen molar-refractivity contribution in [3.63, 3.8) is 0 Å². The van der Waals surface area contributed by atoms with Gasteiger partial charge in [0.2, 0.25) is 0 Å². The van der Waals surface area contributed by atoms with Gasteiger partial charge in [0.15, 0.2) is 0 Å². The van der Waals surface area contributed by atoms with Crippen LogP contribution in [-0.2, 0) is 9.53 Å². The first-order chi connectivity index (χ1) is 10.1. The number of carbonyl (C=O) groups is 1. The van der Waals surface area contributed by atoms with E-state index in [2.05, 4.69) is 32.6 Å². The van der Waals surface area contributed by atoms with Crippen LogP contribution in [0.2, 0.25) is 0 Å². The van der Waals surface area contributed by atoms with Crippen molar-refractivity contribution < 1.29 is 9.53 Å². The maximum atomic E-state index is 12.0. The molecule has 0 amide bonds. The monoisotopic (exact) mass is 284 g/mol. The summed E-state index contributed by atoms with van der Waals surface area (Å²) in [5, 5.41) is 0. The lowest BCUT2D eigenvalue weighted by atomic mass is 9.75. The van der Waals surface area contributed by atoms with Gasteiger partial charge in [0, 0.05) is 11.5 Å². The first-order valence-corrected chi connectivity index (χ1v) is 7.84. The average molecular weight is 284 g/mol. The fourth-order valence-corrected chi connectivity index (χ4v) is 3.06. The van der Waals surface area contributed by atoms with E-state index in [1.54, 1.807) is 0 Å². The average Bonchev–Trinajstić information content (AvgIpc) is 2.46. The van der Waals surface area contributed by atoms with Gasteiger partial charge >= 0.3 is 5.97 Å². The van der Waals surface area contributed by atoms with Gasteiger partial charge in [0.05, 0.1) is 0 Å². The van der Waals surface area contributed by atoms with E-state index in [1.165, 1.54) is 6.42 Å². The minimum atomic E-state index is -0.399. The molecule has 1 unspecified atom stereocenters. The molecular weight excluding hydrogens is 260 g/mol. The molecule has 1 aromatic rings. The summed E-state index contributed by atoms with van der Waals surface area (Å²) in [5.41, 5.74) is 0.840. The van der Waals surface area contributed by atoms with Gasteiger partial charge in [-0.2, -0.15) is 0 Å². The van der Waals surface area contributed by atoms with Gasteiger partial charge in [-0.3, -0.25) is 0 Å². The maximum Gasteiger partial charge on any atom is 0.384 e. The number of ether oxygens (including phenoxy) is 1. The molecule has 3 atom stereocenters. The predicted octanol–water partition coefficient (Wildman–Crippen LogP) is 4.04. The van der Waals surface area contributed by atoms with Gasteiger partial charge in [-0.1, -0.05) is 51.3 Å². The summed E-state index contributed by atoms with van der Waals surface area (Å²) in [6.45, 7) is 6.64. The Kier molecular flexibility index (Phi) is 5.44. The molecule has 1 saturated carbocycles. The third-order valence-corrected chi connectivity index (χ3v) is 4.30. The second-order valence-electron chi connectivity index (χ2n) is 6.39. The first kappa shape index (κ1) is 15.6. The van der Waals surface area contributed by atoms with E-state index in [0.717, 1.165) is 18.4 Å². The highest BCUT2D eigenvalue weighted by molar-refractivity contribution is 5.89. The Bertz CT molecular complexity index is 521. The van der Waals surface area contributed by atoms with E-state index < -0.39 is 5.97 Å². The standard InChI is InChI=1S/C19H24O2/c1-14(2)17-11-9-15(3)13-18(17)21-19(20)12-10-16-7-5-4-6-8-16/h4-8,14-15,17-18H,9,11,13H2,1-3H3/t15-,17+,18?/m1/s1. The van der Waals surface area contributed by atoms with Gasteiger partial charge in [0.25, 0.3) is 0 Å². The number of esters is 1. The van der Waals surface area contributed by atoms with Crippen molar-refractivity contribution in [3.05, 3.63) is 35.9 Å². The van der Waals surface area contributed by atoms with E-state index in [0.29, 0.717) is 17.8 Å². The molecule has 0 heterocycles. The minimum Gasteiger partial charge on any atom is -0.452 e. The number of benzene rings is 1. The van der Waals surface area contributed by atoms with Crippen LogP contribution >= 0.6 is 0 Å². The number of hydrogen-bond acceptors (Lipinski definition) is 2. The molecule has 1 aromatic carbocycles. The zero-order valence-electron chi connectivity index (χ0n) is 13.1. The fourth-order valence-electron chi connectivity index (χ4n) is 3.06. The van der Waals surface area contributed by atoms with E-state index in [1.807, 2.05) is 30.3 Å². The van der Waals surface area contributed by atoms with Crippen LogP contribution < -0.4 is 0 Å². The van der Waals surface area contributed by atoms with Crippen molar-refractivity contribution in [2.24, 2.45) is 17.8 Å². The number of hydrogen-bond donors (Lipinski definition) is 0. The van der Waals surface area contributed by atoms with Gasteiger partial charge in [-0.05, 0) is 42.7 Å². The summed E-state index contributed by atoms with van der Waals surface area (Å²) in [6, 6.07) is 9.53. The summed E-state index contributed by atoms with van der Waals surface area (Å²) in [6.07, 6.45) is 3.35. The molecule has 1 aliphatic rings. The van der Waals surface area contributed by atoms with Crippen LogP contribution in [0.4, 0.5) is 0 Å². The highest BCUT2D eigenvalue weighted by Gasteiger charge is 2.33. The molecule has 112 valence electrons. The molecule has 0 aromatic heterocycles. The number of rotatable bonds is 2. The fraction of sp³-hybridized carbons (Fsp3) is 0.526. The van der Waals surface area contributed by atoms with Crippen LogP contribution in [0.5, 0.6) is 0 Å². The highest BCUT2D eigenvalue weighted by atomic mass is 16.5. The molecule has 1 fully saturated rings. The molecular formula is C19H24O2. The van der Waals surface area contributed by atoms with Crippen molar-refractivity contribution in [1.29, 1.82) is 0 Å². The Morgan fingerprint density at radius 2 is 1.95 bits per heavy atom. The van der Waals surface area contributed by atoms with E-state index in [4.69, 9.17) is 4.74 Å². The normalized spacial score (nSPS) is 25.0. The second kappa shape index (κ2) is 7.31. The molecule has 0 N–H and O–H groups in total. The Morgan fingerprint density at radius 3 is 2.62 bits per heavy atom. The van der Waals surface area contributed by atoms with Gasteiger partial charge < -0.3 is 4.74 Å². The molecule has 0 bridgehead atoms. The summed E-state index contributed by atoms with van der Waals surface area (Å²) in [4.78, 5) is 12.0. The molecule has 2 heteroatoms. The first-order valence-electron chi connectivity index (χ1n) is 7.84. The topological polar surface area (TPSA) is 26.3 Å². The second-order valence-corrected chi connectivity index (χ2v) is 6.39. The van der Waals surface area contributed by atoms with E-state index in [-0.39, 0.29) is 6.10 Å².